The van der Waals surface area contributed by atoms with Crippen molar-refractivity contribution in [3.05, 3.63) is 89.5 Å². The lowest BCUT2D eigenvalue weighted by Gasteiger charge is -2.32. The Labute approximate surface area is 198 Å². The minimum Gasteiger partial charge on any atom is -0.494 e. The molecule has 2 amide bonds. The van der Waals surface area contributed by atoms with Gasteiger partial charge < -0.3 is 9.64 Å². The summed E-state index contributed by atoms with van der Waals surface area (Å²) in [5.74, 6) is -1.42. The molecule has 0 aliphatic carbocycles. The predicted molar refractivity (Wildman–Crippen MR) is 129 cm³/mol. The smallest absolute Gasteiger partial charge is 0.274 e. The van der Waals surface area contributed by atoms with Gasteiger partial charge in [0, 0.05) is 11.3 Å². The molecule has 1 saturated heterocycles. The standard InChI is InChI=1S/C26H24N2O5S/c1-3-33-21-13-11-20(12-14-21)28-24(29)17-34(31,32)26(28)22-9-4-5-10-23(22)27(25(26)30)16-19-8-6-7-18(2)15-19/h4-15H,3,16-17H2,1-2H3/t26-/m0/s1. The lowest BCUT2D eigenvalue weighted by molar-refractivity contribution is -0.123. The Morgan fingerprint density at radius 3 is 2.41 bits per heavy atom. The van der Waals surface area contributed by atoms with Gasteiger partial charge in [0.2, 0.25) is 5.91 Å². The maximum atomic E-state index is 14.1. The number of carbonyl (C=O) groups excluding carboxylic acids is 2. The number of ether oxygens (including phenoxy) is 1. The highest BCUT2D eigenvalue weighted by Crippen LogP contribution is 2.52. The third-order valence-electron chi connectivity index (χ3n) is 6.25. The molecule has 0 N–H and O–H groups in total. The zero-order valence-corrected chi connectivity index (χ0v) is 19.7. The summed E-state index contributed by atoms with van der Waals surface area (Å²) in [6, 6.07) is 21.1. The molecule has 2 heterocycles. The molecule has 5 rings (SSSR count). The van der Waals surface area contributed by atoms with Crippen LogP contribution in [0.5, 0.6) is 5.75 Å². The number of hydrogen-bond acceptors (Lipinski definition) is 5. The topological polar surface area (TPSA) is 84.0 Å². The van der Waals surface area contributed by atoms with Crippen molar-refractivity contribution in [1.29, 1.82) is 0 Å². The van der Waals surface area contributed by atoms with Gasteiger partial charge in [-0.25, -0.2) is 8.42 Å². The van der Waals surface area contributed by atoms with Gasteiger partial charge in [0.05, 0.1) is 18.8 Å². The molecule has 1 spiro atoms. The average molecular weight is 477 g/mol. The van der Waals surface area contributed by atoms with E-state index in [4.69, 9.17) is 4.74 Å². The molecule has 2 aliphatic heterocycles. The van der Waals surface area contributed by atoms with Crippen molar-refractivity contribution < 1.29 is 22.7 Å². The number of benzene rings is 3. The first-order valence-corrected chi connectivity index (χ1v) is 12.7. The van der Waals surface area contributed by atoms with Gasteiger partial charge in [-0.3, -0.25) is 14.5 Å². The van der Waals surface area contributed by atoms with E-state index in [0.717, 1.165) is 16.0 Å². The lowest BCUT2D eigenvalue weighted by atomic mass is 10.0. The predicted octanol–water partition coefficient (Wildman–Crippen LogP) is 3.55. The monoisotopic (exact) mass is 476 g/mol. The fourth-order valence-electron chi connectivity index (χ4n) is 4.90. The van der Waals surface area contributed by atoms with Crippen molar-refractivity contribution in [3.63, 3.8) is 0 Å². The van der Waals surface area contributed by atoms with Crippen LogP contribution in [-0.4, -0.2) is 32.6 Å². The summed E-state index contributed by atoms with van der Waals surface area (Å²) in [6.45, 7) is 4.48. The van der Waals surface area contributed by atoms with Crippen LogP contribution in [0.25, 0.3) is 0 Å². The number of amides is 2. The van der Waals surface area contributed by atoms with Crippen LogP contribution in [0.3, 0.4) is 0 Å². The second-order valence-electron chi connectivity index (χ2n) is 8.46. The van der Waals surface area contributed by atoms with E-state index in [1.54, 1.807) is 48.5 Å². The first-order chi connectivity index (χ1) is 16.3. The fourth-order valence-corrected chi connectivity index (χ4v) is 6.93. The first kappa shape index (κ1) is 22.2. The van der Waals surface area contributed by atoms with Crippen LogP contribution in [0.15, 0.2) is 72.8 Å². The maximum Gasteiger partial charge on any atom is 0.274 e. The Morgan fingerprint density at radius 2 is 1.71 bits per heavy atom. The number of fused-ring (bicyclic) bond motifs is 2. The molecule has 0 radical (unpaired) electrons. The zero-order valence-electron chi connectivity index (χ0n) is 18.9. The molecule has 1 fully saturated rings. The molecule has 0 aromatic heterocycles. The fraction of sp³-hybridized carbons (Fsp3) is 0.231. The number of rotatable bonds is 5. The summed E-state index contributed by atoms with van der Waals surface area (Å²) in [5, 5.41) is 0. The van der Waals surface area contributed by atoms with E-state index in [2.05, 4.69) is 0 Å². The normalized spacial score (nSPS) is 20.8. The van der Waals surface area contributed by atoms with E-state index in [1.807, 2.05) is 38.1 Å². The van der Waals surface area contributed by atoms with Crippen molar-refractivity contribution in [2.75, 3.05) is 22.2 Å². The van der Waals surface area contributed by atoms with Gasteiger partial charge in [0.25, 0.3) is 10.8 Å². The van der Waals surface area contributed by atoms with Gasteiger partial charge in [-0.1, -0.05) is 48.0 Å². The summed E-state index contributed by atoms with van der Waals surface area (Å²) in [5.41, 5.74) is 3.02. The van der Waals surface area contributed by atoms with Gasteiger partial charge in [-0.15, -0.1) is 0 Å². The van der Waals surface area contributed by atoms with Crippen LogP contribution in [-0.2, 0) is 30.8 Å². The van der Waals surface area contributed by atoms with Crippen molar-refractivity contribution in [2.24, 2.45) is 0 Å². The second-order valence-corrected chi connectivity index (χ2v) is 10.6. The van der Waals surface area contributed by atoms with Gasteiger partial charge in [-0.2, -0.15) is 0 Å². The Balaban J connectivity index is 1.68. The van der Waals surface area contributed by atoms with Gasteiger partial charge in [0.1, 0.15) is 11.5 Å². The molecule has 34 heavy (non-hydrogen) atoms. The van der Waals surface area contributed by atoms with E-state index >= 15 is 0 Å². The van der Waals surface area contributed by atoms with Crippen LogP contribution < -0.4 is 14.5 Å². The first-order valence-electron chi connectivity index (χ1n) is 11.0. The van der Waals surface area contributed by atoms with Crippen molar-refractivity contribution in [3.8, 4) is 5.75 Å². The molecule has 3 aromatic carbocycles. The van der Waals surface area contributed by atoms with Crippen LogP contribution >= 0.6 is 0 Å². The molecule has 1 atom stereocenters. The number of nitrogens with zero attached hydrogens (tertiary/aromatic N) is 2. The highest BCUT2D eigenvalue weighted by Gasteiger charge is 2.69. The van der Waals surface area contributed by atoms with Gasteiger partial charge in [0.15, 0.2) is 9.84 Å². The minimum absolute atomic E-state index is 0.195. The second kappa shape index (κ2) is 7.99. The highest BCUT2D eigenvalue weighted by molar-refractivity contribution is 7.94. The summed E-state index contributed by atoms with van der Waals surface area (Å²) in [7, 11) is -4.20. The van der Waals surface area contributed by atoms with Crippen LogP contribution in [0.2, 0.25) is 0 Å². The lowest BCUT2D eigenvalue weighted by Crippen LogP contribution is -2.54. The number of aryl methyl sites for hydroxylation is 1. The Bertz CT molecular complexity index is 1400. The molecule has 174 valence electrons. The minimum atomic E-state index is -4.20. The van der Waals surface area contributed by atoms with E-state index in [0.29, 0.717) is 29.3 Å². The SMILES string of the molecule is CCOc1ccc(N2C(=O)CS(=O)(=O)[C@@]23C(=O)N(Cc2cccc(C)c2)c2ccccc23)cc1. The Kier molecular flexibility index (Phi) is 5.20. The van der Waals surface area contributed by atoms with Crippen molar-refractivity contribution in [1.82, 2.24) is 0 Å². The molecular weight excluding hydrogens is 452 g/mol. The number of para-hydroxylation sites is 1. The van der Waals surface area contributed by atoms with E-state index in [9.17, 15) is 18.0 Å². The number of sulfone groups is 1. The molecular formula is C26H24N2O5S. The van der Waals surface area contributed by atoms with Gasteiger partial charge in [-0.05, 0) is 49.7 Å². The number of carbonyl (C=O) groups is 2. The Hall–Kier alpha value is -3.65. The molecule has 0 unspecified atom stereocenters. The van der Waals surface area contributed by atoms with E-state index in [1.165, 1.54) is 4.90 Å². The molecule has 8 heteroatoms. The van der Waals surface area contributed by atoms with E-state index in [-0.39, 0.29) is 6.54 Å². The van der Waals surface area contributed by atoms with E-state index < -0.39 is 32.3 Å². The molecule has 0 bridgehead atoms. The van der Waals surface area contributed by atoms with Crippen molar-refractivity contribution in [2.45, 2.75) is 25.3 Å². The highest BCUT2D eigenvalue weighted by atomic mass is 32.2. The molecule has 2 aliphatic rings. The molecule has 7 nitrogen and oxygen atoms in total. The maximum absolute atomic E-state index is 14.1. The van der Waals surface area contributed by atoms with Crippen molar-refractivity contribution >= 4 is 33.0 Å². The summed E-state index contributed by atoms with van der Waals surface area (Å²) < 4.78 is 32.8. The largest absolute Gasteiger partial charge is 0.494 e. The quantitative estimate of drug-likeness (QED) is 0.562. The summed E-state index contributed by atoms with van der Waals surface area (Å²) in [4.78, 5) is 27.8. The van der Waals surface area contributed by atoms with Crippen LogP contribution in [0, 0.1) is 6.92 Å². The zero-order chi connectivity index (χ0) is 24.1. The summed E-state index contributed by atoms with van der Waals surface area (Å²) >= 11 is 0. The molecule has 3 aromatic rings. The molecule has 0 saturated carbocycles. The van der Waals surface area contributed by atoms with Gasteiger partial charge >= 0.3 is 0 Å². The average Bonchev–Trinajstić information content (AvgIpc) is 3.17. The number of hydrogen-bond donors (Lipinski definition) is 0. The van der Waals surface area contributed by atoms with Crippen LogP contribution in [0.4, 0.5) is 11.4 Å². The Morgan fingerprint density at radius 1 is 0.971 bits per heavy atom. The third kappa shape index (κ3) is 3.13. The number of anilines is 2. The third-order valence-corrected chi connectivity index (χ3v) is 8.36. The van der Waals surface area contributed by atoms with Crippen LogP contribution in [0.1, 0.15) is 23.6 Å². The summed E-state index contributed by atoms with van der Waals surface area (Å²) in [6.07, 6.45) is 0.